The van der Waals surface area contributed by atoms with Crippen LogP contribution in [0.25, 0.3) is 0 Å². The van der Waals surface area contributed by atoms with Crippen molar-refractivity contribution >= 4 is 5.91 Å². The van der Waals surface area contributed by atoms with E-state index >= 15 is 0 Å². The number of rotatable bonds is 3. The van der Waals surface area contributed by atoms with Crippen molar-refractivity contribution in [2.45, 2.75) is 84.0 Å². The molecule has 3 nitrogen and oxygen atoms in total. The van der Waals surface area contributed by atoms with Crippen molar-refractivity contribution in [2.24, 2.45) is 11.3 Å². The van der Waals surface area contributed by atoms with Crippen molar-refractivity contribution < 1.29 is 4.79 Å². The molecule has 0 aromatic heterocycles. The summed E-state index contributed by atoms with van der Waals surface area (Å²) in [6, 6.07) is 0.464. The third-order valence-electron chi connectivity index (χ3n) is 5.82. The molecule has 1 amide bonds. The van der Waals surface area contributed by atoms with Crippen molar-refractivity contribution in [1.29, 1.82) is 0 Å². The summed E-state index contributed by atoms with van der Waals surface area (Å²) in [7, 11) is 0. The van der Waals surface area contributed by atoms with Gasteiger partial charge in [-0.3, -0.25) is 10.1 Å². The lowest BCUT2D eigenvalue weighted by molar-refractivity contribution is -0.134. The summed E-state index contributed by atoms with van der Waals surface area (Å²) in [5.74, 6) is 1.02. The van der Waals surface area contributed by atoms with Gasteiger partial charge in [-0.25, -0.2) is 0 Å². The van der Waals surface area contributed by atoms with Crippen molar-refractivity contribution in [3.05, 3.63) is 0 Å². The maximum atomic E-state index is 12.9. The molecule has 108 valence electrons. The third-order valence-corrected chi connectivity index (χ3v) is 5.82. The molecule has 3 fully saturated rings. The lowest BCUT2D eigenvalue weighted by atomic mass is 9.99. The largest absolute Gasteiger partial charge is 0.322 e. The van der Waals surface area contributed by atoms with Crippen LogP contribution in [-0.4, -0.2) is 28.6 Å². The maximum absolute atomic E-state index is 12.9. The average molecular weight is 264 g/mol. The predicted molar refractivity (Wildman–Crippen MR) is 76.6 cm³/mol. The van der Waals surface area contributed by atoms with Gasteiger partial charge in [0, 0.05) is 6.04 Å². The molecule has 3 unspecified atom stereocenters. The molecule has 0 bridgehead atoms. The van der Waals surface area contributed by atoms with Crippen LogP contribution in [0.1, 0.15) is 66.2 Å². The molecular weight excluding hydrogens is 236 g/mol. The highest BCUT2D eigenvalue weighted by atomic mass is 16.2. The van der Waals surface area contributed by atoms with E-state index in [0.717, 1.165) is 6.42 Å². The van der Waals surface area contributed by atoms with Gasteiger partial charge in [-0.05, 0) is 43.9 Å². The summed E-state index contributed by atoms with van der Waals surface area (Å²) in [4.78, 5) is 15.1. The second-order valence-corrected chi connectivity index (χ2v) is 7.74. The average Bonchev–Trinajstić information content (AvgIpc) is 2.76. The van der Waals surface area contributed by atoms with Gasteiger partial charge in [-0.2, -0.15) is 0 Å². The molecule has 3 aliphatic rings. The molecule has 0 radical (unpaired) electrons. The van der Waals surface area contributed by atoms with E-state index in [2.05, 4.69) is 37.9 Å². The van der Waals surface area contributed by atoms with Crippen molar-refractivity contribution in [1.82, 2.24) is 10.2 Å². The Morgan fingerprint density at radius 2 is 1.84 bits per heavy atom. The molecule has 2 saturated carbocycles. The minimum Gasteiger partial charge on any atom is -0.322 e. The molecule has 1 saturated heterocycles. The van der Waals surface area contributed by atoms with E-state index in [0.29, 0.717) is 29.4 Å². The van der Waals surface area contributed by atoms with Gasteiger partial charge < -0.3 is 4.90 Å². The molecule has 19 heavy (non-hydrogen) atoms. The van der Waals surface area contributed by atoms with Crippen LogP contribution in [0.5, 0.6) is 0 Å². The summed E-state index contributed by atoms with van der Waals surface area (Å²) >= 11 is 0. The Morgan fingerprint density at radius 1 is 1.26 bits per heavy atom. The first-order valence-electron chi connectivity index (χ1n) is 7.99. The number of nitrogens with one attached hydrogen (secondary N) is 1. The summed E-state index contributed by atoms with van der Waals surface area (Å²) in [6.45, 7) is 8.79. The Morgan fingerprint density at radius 3 is 2.32 bits per heavy atom. The Kier molecular flexibility index (Phi) is 2.97. The highest BCUT2D eigenvalue weighted by Crippen LogP contribution is 2.52. The second kappa shape index (κ2) is 4.21. The van der Waals surface area contributed by atoms with E-state index < -0.39 is 0 Å². The molecule has 3 heteroatoms. The van der Waals surface area contributed by atoms with Gasteiger partial charge in [-0.15, -0.1) is 0 Å². The maximum Gasteiger partial charge on any atom is 0.244 e. The Hall–Kier alpha value is -0.570. The lowest BCUT2D eigenvalue weighted by Gasteiger charge is -2.30. The molecule has 0 aromatic carbocycles. The smallest absolute Gasteiger partial charge is 0.244 e. The molecule has 3 rings (SSSR count). The zero-order chi connectivity index (χ0) is 13.8. The molecule has 1 N–H and O–H groups in total. The lowest BCUT2D eigenvalue weighted by Crippen LogP contribution is -2.46. The molecule has 0 aromatic rings. The Balaban J connectivity index is 1.86. The monoisotopic (exact) mass is 264 g/mol. The number of amides is 1. The first-order valence-corrected chi connectivity index (χ1v) is 7.99. The van der Waals surface area contributed by atoms with E-state index in [4.69, 9.17) is 0 Å². The van der Waals surface area contributed by atoms with Gasteiger partial charge in [0.15, 0.2) is 0 Å². The van der Waals surface area contributed by atoms with E-state index in [9.17, 15) is 4.79 Å². The number of hydrogen-bond donors (Lipinski definition) is 1. The Labute approximate surface area is 117 Å². The summed E-state index contributed by atoms with van der Waals surface area (Å²) < 4.78 is 0. The SMILES string of the molecule is CCC1(C)NC(C2CCCC2)N(C2CC2(C)C)C1=O. The fraction of sp³-hybridized carbons (Fsp3) is 0.938. The highest BCUT2D eigenvalue weighted by molar-refractivity contribution is 5.89. The highest BCUT2D eigenvalue weighted by Gasteiger charge is 2.60. The van der Waals surface area contributed by atoms with Crippen LogP contribution in [0.4, 0.5) is 0 Å². The van der Waals surface area contributed by atoms with Crippen LogP contribution < -0.4 is 5.32 Å². The van der Waals surface area contributed by atoms with Crippen molar-refractivity contribution in [2.75, 3.05) is 0 Å². The fourth-order valence-corrected chi connectivity index (χ4v) is 3.99. The third kappa shape index (κ3) is 2.01. The standard InChI is InChI=1S/C16H28N2O/c1-5-16(4)14(19)18(12-10-15(12,2)3)13(17-16)11-8-6-7-9-11/h11-13,17H,5-10H2,1-4H3. The van der Waals surface area contributed by atoms with Crippen LogP contribution in [-0.2, 0) is 4.79 Å². The molecular formula is C16H28N2O. The number of nitrogens with zero attached hydrogens (tertiary/aromatic N) is 1. The quantitative estimate of drug-likeness (QED) is 0.850. The molecule has 1 heterocycles. The van der Waals surface area contributed by atoms with Crippen LogP contribution in [0.3, 0.4) is 0 Å². The van der Waals surface area contributed by atoms with Crippen LogP contribution in [0, 0.1) is 11.3 Å². The van der Waals surface area contributed by atoms with E-state index in [1.54, 1.807) is 0 Å². The summed E-state index contributed by atoms with van der Waals surface area (Å²) in [5.41, 5.74) is -0.000881. The van der Waals surface area contributed by atoms with Gasteiger partial charge in [0.1, 0.15) is 0 Å². The topological polar surface area (TPSA) is 32.3 Å². The van der Waals surface area contributed by atoms with Crippen molar-refractivity contribution in [3.8, 4) is 0 Å². The van der Waals surface area contributed by atoms with Crippen molar-refractivity contribution in [3.63, 3.8) is 0 Å². The second-order valence-electron chi connectivity index (χ2n) is 7.74. The number of hydrogen-bond acceptors (Lipinski definition) is 2. The zero-order valence-electron chi connectivity index (χ0n) is 12.8. The summed E-state index contributed by atoms with van der Waals surface area (Å²) in [6.07, 6.45) is 7.60. The molecule has 1 aliphatic heterocycles. The van der Waals surface area contributed by atoms with Gasteiger partial charge in [0.25, 0.3) is 0 Å². The van der Waals surface area contributed by atoms with Gasteiger partial charge in [-0.1, -0.05) is 33.6 Å². The first-order chi connectivity index (χ1) is 8.89. The number of carbonyl (C=O) groups is 1. The molecule has 2 aliphatic carbocycles. The van der Waals surface area contributed by atoms with Gasteiger partial charge >= 0.3 is 0 Å². The van der Waals surface area contributed by atoms with E-state index in [1.165, 1.54) is 32.1 Å². The fourth-order valence-electron chi connectivity index (χ4n) is 3.99. The zero-order valence-corrected chi connectivity index (χ0v) is 12.8. The van der Waals surface area contributed by atoms with Crippen LogP contribution in [0.15, 0.2) is 0 Å². The van der Waals surface area contributed by atoms with E-state index in [1.807, 2.05) is 0 Å². The Bertz CT molecular complexity index is 386. The van der Waals surface area contributed by atoms with Crippen LogP contribution in [0.2, 0.25) is 0 Å². The minimum absolute atomic E-state index is 0.298. The molecule has 3 atom stereocenters. The predicted octanol–water partition coefficient (Wildman–Crippen LogP) is 2.90. The first kappa shape index (κ1) is 13.4. The van der Waals surface area contributed by atoms with E-state index in [-0.39, 0.29) is 5.54 Å². The number of carbonyl (C=O) groups excluding carboxylic acids is 1. The molecule has 0 spiro atoms. The normalized spacial score (nSPS) is 42.1. The summed E-state index contributed by atoms with van der Waals surface area (Å²) in [5, 5.41) is 3.69. The van der Waals surface area contributed by atoms with Gasteiger partial charge in [0.2, 0.25) is 5.91 Å². The van der Waals surface area contributed by atoms with Gasteiger partial charge in [0.05, 0.1) is 11.7 Å². The van der Waals surface area contributed by atoms with Crippen LogP contribution >= 0.6 is 0 Å². The minimum atomic E-state index is -0.327.